The predicted molar refractivity (Wildman–Crippen MR) is 106 cm³/mol. The van der Waals surface area contributed by atoms with Gasteiger partial charge in [-0.05, 0) is 60.9 Å². The summed E-state index contributed by atoms with van der Waals surface area (Å²) in [4.78, 5) is 13.3. The first kappa shape index (κ1) is 17.1. The maximum Gasteiger partial charge on any atom is 0.223 e. The molecule has 2 aromatic carbocycles. The van der Waals surface area contributed by atoms with Crippen LogP contribution in [-0.2, 0) is 0 Å². The van der Waals surface area contributed by atoms with E-state index in [2.05, 4.69) is 33.3 Å². The van der Waals surface area contributed by atoms with Gasteiger partial charge < -0.3 is 5.32 Å². The summed E-state index contributed by atoms with van der Waals surface area (Å²) in [6.45, 7) is 4.07. The zero-order valence-electron chi connectivity index (χ0n) is 15.1. The molecule has 0 amide bonds. The number of pyridine rings is 1. The van der Waals surface area contributed by atoms with Crippen molar-refractivity contribution in [2.75, 3.05) is 5.32 Å². The highest BCUT2D eigenvalue weighted by Gasteiger charge is 2.09. The van der Waals surface area contributed by atoms with Gasteiger partial charge in [-0.25, -0.2) is 14.4 Å². The summed E-state index contributed by atoms with van der Waals surface area (Å²) in [7, 11) is 0. The van der Waals surface area contributed by atoms with Crippen LogP contribution >= 0.6 is 0 Å². The van der Waals surface area contributed by atoms with Crippen molar-refractivity contribution in [2.45, 2.75) is 19.9 Å². The van der Waals surface area contributed by atoms with Crippen LogP contribution in [0.5, 0.6) is 0 Å². The summed E-state index contributed by atoms with van der Waals surface area (Å²) >= 11 is 0. The minimum Gasteiger partial charge on any atom is -0.348 e. The van der Waals surface area contributed by atoms with Gasteiger partial charge in [-0.2, -0.15) is 0 Å². The van der Waals surface area contributed by atoms with Crippen LogP contribution < -0.4 is 5.32 Å². The molecule has 5 heteroatoms. The van der Waals surface area contributed by atoms with Crippen LogP contribution in [0.1, 0.15) is 24.1 Å². The number of aromatic nitrogens is 3. The molecular formula is C22H19FN4. The Hall–Kier alpha value is -3.34. The van der Waals surface area contributed by atoms with Crippen molar-refractivity contribution in [3.05, 3.63) is 84.1 Å². The molecule has 0 aliphatic carbocycles. The maximum absolute atomic E-state index is 13.1. The van der Waals surface area contributed by atoms with Crippen LogP contribution in [0, 0.1) is 12.7 Å². The molecule has 0 unspecified atom stereocenters. The second-order valence-electron chi connectivity index (χ2n) is 6.58. The zero-order valence-corrected chi connectivity index (χ0v) is 15.1. The molecule has 0 radical (unpaired) electrons. The summed E-state index contributed by atoms with van der Waals surface area (Å²) in [5.41, 5.74) is 5.21. The molecule has 0 fully saturated rings. The molecule has 0 aliphatic heterocycles. The monoisotopic (exact) mass is 358 g/mol. The van der Waals surface area contributed by atoms with Crippen LogP contribution in [-0.4, -0.2) is 15.0 Å². The Balaban J connectivity index is 1.60. The Labute approximate surface area is 157 Å². The lowest BCUT2D eigenvalue weighted by molar-refractivity contribution is 0.626. The number of benzene rings is 2. The first-order chi connectivity index (χ1) is 13.1. The molecule has 0 aliphatic rings. The van der Waals surface area contributed by atoms with Gasteiger partial charge in [0.05, 0.1) is 11.6 Å². The number of hydrogen-bond donors (Lipinski definition) is 1. The van der Waals surface area contributed by atoms with Crippen LogP contribution in [0.15, 0.2) is 67.1 Å². The van der Waals surface area contributed by atoms with E-state index >= 15 is 0 Å². The highest BCUT2D eigenvalue weighted by molar-refractivity contribution is 5.85. The third-order valence-corrected chi connectivity index (χ3v) is 4.65. The van der Waals surface area contributed by atoms with Crippen molar-refractivity contribution in [1.29, 1.82) is 0 Å². The minimum atomic E-state index is -0.243. The molecule has 4 nitrogen and oxygen atoms in total. The zero-order chi connectivity index (χ0) is 18.8. The van der Waals surface area contributed by atoms with Gasteiger partial charge in [0, 0.05) is 29.5 Å². The van der Waals surface area contributed by atoms with Crippen LogP contribution in [0.2, 0.25) is 0 Å². The van der Waals surface area contributed by atoms with E-state index in [4.69, 9.17) is 0 Å². The number of hydrogen-bond acceptors (Lipinski definition) is 4. The standard InChI is InChI=1S/C22H19FN4/c1-14-9-10-24-13-20(14)17-5-8-21-18(11-17)12-25-22(27-21)26-15(2)16-3-6-19(23)7-4-16/h3-13,15H,1-2H3,(H,25,26,27)/t15-/m0/s1. The number of anilines is 1. The number of nitrogens with one attached hydrogen (secondary N) is 1. The molecule has 2 heterocycles. The molecule has 2 aromatic heterocycles. The SMILES string of the molecule is Cc1ccncc1-c1ccc2nc(N[C@@H](C)c3ccc(F)cc3)ncc2c1. The molecule has 0 saturated heterocycles. The second-order valence-corrected chi connectivity index (χ2v) is 6.58. The van der Waals surface area contributed by atoms with Gasteiger partial charge >= 0.3 is 0 Å². The number of aryl methyl sites for hydroxylation is 1. The smallest absolute Gasteiger partial charge is 0.223 e. The summed E-state index contributed by atoms with van der Waals surface area (Å²) < 4.78 is 13.1. The Bertz CT molecular complexity index is 1090. The highest BCUT2D eigenvalue weighted by atomic mass is 19.1. The number of fused-ring (bicyclic) bond motifs is 1. The van der Waals surface area contributed by atoms with Crippen molar-refractivity contribution in [3.63, 3.8) is 0 Å². The lowest BCUT2D eigenvalue weighted by atomic mass is 10.0. The Kier molecular flexibility index (Phi) is 4.50. The molecular weight excluding hydrogens is 339 g/mol. The van der Waals surface area contributed by atoms with E-state index in [1.54, 1.807) is 18.3 Å². The van der Waals surface area contributed by atoms with Crippen molar-refractivity contribution in [1.82, 2.24) is 15.0 Å². The highest BCUT2D eigenvalue weighted by Crippen LogP contribution is 2.26. The lowest BCUT2D eigenvalue weighted by Crippen LogP contribution is -2.09. The van der Waals surface area contributed by atoms with Crippen molar-refractivity contribution >= 4 is 16.9 Å². The molecule has 134 valence electrons. The molecule has 0 saturated carbocycles. The fourth-order valence-corrected chi connectivity index (χ4v) is 3.07. The normalized spacial score (nSPS) is 12.1. The molecule has 0 bridgehead atoms. The van der Waals surface area contributed by atoms with E-state index in [-0.39, 0.29) is 11.9 Å². The summed E-state index contributed by atoms with van der Waals surface area (Å²) in [6, 6.07) is 14.5. The summed E-state index contributed by atoms with van der Waals surface area (Å²) in [5, 5.41) is 4.24. The van der Waals surface area contributed by atoms with E-state index in [1.807, 2.05) is 37.5 Å². The largest absolute Gasteiger partial charge is 0.348 e. The van der Waals surface area contributed by atoms with E-state index < -0.39 is 0 Å². The number of halogens is 1. The number of rotatable bonds is 4. The molecule has 0 spiro atoms. The third-order valence-electron chi connectivity index (χ3n) is 4.65. The molecule has 27 heavy (non-hydrogen) atoms. The fraction of sp³-hybridized carbons (Fsp3) is 0.136. The molecule has 1 atom stereocenters. The maximum atomic E-state index is 13.1. The van der Waals surface area contributed by atoms with E-state index in [0.717, 1.165) is 27.6 Å². The van der Waals surface area contributed by atoms with Gasteiger partial charge in [0.2, 0.25) is 5.95 Å². The van der Waals surface area contributed by atoms with Crippen LogP contribution in [0.4, 0.5) is 10.3 Å². The van der Waals surface area contributed by atoms with Crippen LogP contribution in [0.25, 0.3) is 22.0 Å². The fourth-order valence-electron chi connectivity index (χ4n) is 3.07. The number of nitrogens with zero attached hydrogens (tertiary/aromatic N) is 3. The van der Waals surface area contributed by atoms with Gasteiger partial charge in [0.1, 0.15) is 5.82 Å². The topological polar surface area (TPSA) is 50.7 Å². The first-order valence-electron chi connectivity index (χ1n) is 8.80. The van der Waals surface area contributed by atoms with Gasteiger partial charge in [-0.15, -0.1) is 0 Å². The van der Waals surface area contributed by atoms with E-state index in [0.29, 0.717) is 5.95 Å². The van der Waals surface area contributed by atoms with Crippen LogP contribution in [0.3, 0.4) is 0 Å². The van der Waals surface area contributed by atoms with E-state index in [9.17, 15) is 4.39 Å². The average Bonchev–Trinajstić information content (AvgIpc) is 2.68. The molecule has 1 N–H and O–H groups in total. The summed E-state index contributed by atoms with van der Waals surface area (Å²) in [5.74, 6) is 0.303. The Morgan fingerprint density at radius 2 is 1.81 bits per heavy atom. The molecule has 4 aromatic rings. The summed E-state index contributed by atoms with van der Waals surface area (Å²) in [6.07, 6.45) is 5.48. The van der Waals surface area contributed by atoms with Gasteiger partial charge in [-0.1, -0.05) is 18.2 Å². The first-order valence-corrected chi connectivity index (χ1v) is 8.80. The van der Waals surface area contributed by atoms with Crippen molar-refractivity contribution < 1.29 is 4.39 Å². The minimum absolute atomic E-state index is 0.0274. The second kappa shape index (κ2) is 7.11. The van der Waals surface area contributed by atoms with Gasteiger partial charge in [0.25, 0.3) is 0 Å². The van der Waals surface area contributed by atoms with E-state index in [1.165, 1.54) is 17.7 Å². The van der Waals surface area contributed by atoms with Gasteiger partial charge in [-0.3, -0.25) is 4.98 Å². The molecule has 4 rings (SSSR count). The van der Waals surface area contributed by atoms with Crippen molar-refractivity contribution in [3.8, 4) is 11.1 Å². The van der Waals surface area contributed by atoms with Gasteiger partial charge in [0.15, 0.2) is 0 Å². The lowest BCUT2D eigenvalue weighted by Gasteiger charge is -2.14. The quantitative estimate of drug-likeness (QED) is 0.537. The van der Waals surface area contributed by atoms with Crippen molar-refractivity contribution in [2.24, 2.45) is 0 Å². The third kappa shape index (κ3) is 3.62. The Morgan fingerprint density at radius 3 is 2.59 bits per heavy atom. The predicted octanol–water partition coefficient (Wildman–Crippen LogP) is 5.31. The Morgan fingerprint density at radius 1 is 1.00 bits per heavy atom. The average molecular weight is 358 g/mol.